The van der Waals surface area contributed by atoms with Crippen molar-refractivity contribution in [2.24, 2.45) is 11.8 Å². The molecule has 0 saturated carbocycles. The Morgan fingerprint density at radius 1 is 0.970 bits per heavy atom. The van der Waals surface area contributed by atoms with E-state index in [4.69, 9.17) is 9.72 Å². The Morgan fingerprint density at radius 3 is 2.48 bits per heavy atom. The molecule has 4 heterocycles. The van der Waals surface area contributed by atoms with Crippen LogP contribution in [-0.2, 0) is 0 Å². The van der Waals surface area contributed by atoms with Crippen LogP contribution in [0.2, 0.25) is 0 Å². The van der Waals surface area contributed by atoms with Crippen LogP contribution >= 0.6 is 0 Å². The number of likely N-dealkylation sites (tertiary alicyclic amines) is 1. The van der Waals surface area contributed by atoms with Crippen molar-refractivity contribution in [3.8, 4) is 11.4 Å². The van der Waals surface area contributed by atoms with Gasteiger partial charge in [0.25, 0.3) is 5.91 Å². The summed E-state index contributed by atoms with van der Waals surface area (Å²) in [6.45, 7) is 3.13. The number of para-hydroxylation sites is 1. The number of carbonyl (C=O) groups is 1. The van der Waals surface area contributed by atoms with E-state index in [1.165, 1.54) is 4.80 Å². The molecule has 4 aromatic rings. The van der Waals surface area contributed by atoms with Crippen molar-refractivity contribution in [1.82, 2.24) is 29.9 Å². The van der Waals surface area contributed by atoms with Gasteiger partial charge in [-0.2, -0.15) is 15.0 Å². The summed E-state index contributed by atoms with van der Waals surface area (Å²) >= 11 is 0. The lowest BCUT2D eigenvalue weighted by Gasteiger charge is -2.22. The lowest BCUT2D eigenvalue weighted by atomic mass is 10.0. The van der Waals surface area contributed by atoms with Crippen molar-refractivity contribution in [1.29, 1.82) is 0 Å². The van der Waals surface area contributed by atoms with Gasteiger partial charge in [-0.15, -0.1) is 0 Å². The number of amides is 1. The van der Waals surface area contributed by atoms with E-state index in [9.17, 15) is 4.79 Å². The number of methoxy groups -OCH3 is 1. The lowest BCUT2D eigenvalue weighted by Crippen LogP contribution is -2.34. The standard InChI is InChI=1S/C24H23N7O2/c1-33-22-8-4-6-20-19(22)11-25-24(28-20)30-14-16-12-29(13-17(16)15-30)23(32)18-5-2-3-7-21(18)31-26-9-10-27-31/h2-11,16-17H,12-15H2,1H3. The summed E-state index contributed by atoms with van der Waals surface area (Å²) in [4.78, 5) is 28.4. The molecule has 1 amide bonds. The molecule has 2 saturated heterocycles. The van der Waals surface area contributed by atoms with Gasteiger partial charge in [-0.05, 0) is 24.3 Å². The molecular weight excluding hydrogens is 418 g/mol. The molecule has 0 N–H and O–H groups in total. The molecule has 2 aliphatic rings. The molecule has 2 aliphatic heterocycles. The van der Waals surface area contributed by atoms with Crippen LogP contribution < -0.4 is 9.64 Å². The second kappa shape index (κ2) is 7.84. The number of anilines is 1. The molecule has 0 bridgehead atoms. The monoisotopic (exact) mass is 441 g/mol. The number of benzene rings is 2. The topological polar surface area (TPSA) is 89.3 Å². The number of carbonyl (C=O) groups excluding carboxylic acids is 1. The SMILES string of the molecule is COc1cccc2nc(N3CC4CN(C(=O)c5ccccc5-n5nccn5)CC4C3)ncc12. The quantitative estimate of drug-likeness (QED) is 0.481. The van der Waals surface area contributed by atoms with Gasteiger partial charge in [0, 0.05) is 44.2 Å². The predicted octanol–water partition coefficient (Wildman–Crippen LogP) is 2.43. The van der Waals surface area contributed by atoms with Gasteiger partial charge >= 0.3 is 0 Å². The molecule has 9 nitrogen and oxygen atoms in total. The fourth-order valence-electron chi connectivity index (χ4n) is 5.01. The fraction of sp³-hybridized carbons (Fsp3) is 0.292. The first-order valence-corrected chi connectivity index (χ1v) is 11.0. The van der Waals surface area contributed by atoms with Gasteiger partial charge in [-0.25, -0.2) is 9.97 Å². The number of fused-ring (bicyclic) bond motifs is 2. The summed E-state index contributed by atoms with van der Waals surface area (Å²) in [5.74, 6) is 2.33. The van der Waals surface area contributed by atoms with E-state index in [2.05, 4.69) is 20.1 Å². The molecule has 2 atom stereocenters. The highest BCUT2D eigenvalue weighted by molar-refractivity contribution is 5.98. The molecule has 0 spiro atoms. The van der Waals surface area contributed by atoms with Gasteiger partial charge in [-0.1, -0.05) is 18.2 Å². The summed E-state index contributed by atoms with van der Waals surface area (Å²) in [5.41, 5.74) is 2.19. The summed E-state index contributed by atoms with van der Waals surface area (Å²) in [7, 11) is 1.65. The molecule has 33 heavy (non-hydrogen) atoms. The zero-order valence-electron chi connectivity index (χ0n) is 18.2. The van der Waals surface area contributed by atoms with Gasteiger partial charge in [0.05, 0.1) is 41.7 Å². The molecule has 2 unspecified atom stereocenters. The fourth-order valence-corrected chi connectivity index (χ4v) is 5.01. The van der Waals surface area contributed by atoms with E-state index >= 15 is 0 Å². The highest BCUT2D eigenvalue weighted by Crippen LogP contribution is 2.34. The van der Waals surface area contributed by atoms with Crippen molar-refractivity contribution in [3.05, 3.63) is 66.6 Å². The summed E-state index contributed by atoms with van der Waals surface area (Å²) in [6.07, 6.45) is 5.06. The zero-order valence-corrected chi connectivity index (χ0v) is 18.2. The summed E-state index contributed by atoms with van der Waals surface area (Å²) in [5, 5.41) is 9.30. The van der Waals surface area contributed by atoms with Crippen molar-refractivity contribution in [2.75, 3.05) is 38.2 Å². The van der Waals surface area contributed by atoms with E-state index in [1.54, 1.807) is 19.5 Å². The number of nitrogens with zero attached hydrogens (tertiary/aromatic N) is 7. The highest BCUT2D eigenvalue weighted by Gasteiger charge is 2.42. The third kappa shape index (κ3) is 3.36. The third-order valence-corrected chi connectivity index (χ3v) is 6.62. The Bertz CT molecular complexity index is 1310. The smallest absolute Gasteiger partial charge is 0.256 e. The van der Waals surface area contributed by atoms with Gasteiger partial charge in [0.2, 0.25) is 5.95 Å². The molecule has 0 radical (unpaired) electrons. The lowest BCUT2D eigenvalue weighted by molar-refractivity contribution is 0.0782. The van der Waals surface area contributed by atoms with Crippen molar-refractivity contribution < 1.29 is 9.53 Å². The Labute approximate surface area is 190 Å². The van der Waals surface area contributed by atoms with Crippen LogP contribution in [0.4, 0.5) is 5.95 Å². The van der Waals surface area contributed by atoms with Gasteiger partial charge < -0.3 is 14.5 Å². The maximum Gasteiger partial charge on any atom is 0.256 e. The molecule has 9 heteroatoms. The maximum absolute atomic E-state index is 13.4. The highest BCUT2D eigenvalue weighted by atomic mass is 16.5. The number of aromatic nitrogens is 5. The van der Waals surface area contributed by atoms with Crippen LogP contribution in [0.1, 0.15) is 10.4 Å². The molecule has 2 fully saturated rings. The van der Waals surface area contributed by atoms with E-state index in [-0.39, 0.29) is 5.91 Å². The minimum atomic E-state index is 0.0258. The Morgan fingerprint density at radius 2 is 1.73 bits per heavy atom. The van der Waals surface area contributed by atoms with Crippen molar-refractivity contribution in [3.63, 3.8) is 0 Å². The Kier molecular flexibility index (Phi) is 4.67. The van der Waals surface area contributed by atoms with Gasteiger partial charge in [0.15, 0.2) is 0 Å². The average Bonchev–Trinajstić information content (AvgIpc) is 3.60. The van der Waals surface area contributed by atoms with E-state index in [0.29, 0.717) is 23.1 Å². The summed E-state index contributed by atoms with van der Waals surface area (Å²) in [6, 6.07) is 13.3. The largest absolute Gasteiger partial charge is 0.496 e. The van der Waals surface area contributed by atoms with E-state index in [1.807, 2.05) is 53.6 Å². The molecule has 6 rings (SSSR count). The zero-order chi connectivity index (χ0) is 22.4. The first kappa shape index (κ1) is 19.7. The van der Waals surface area contributed by atoms with Crippen molar-refractivity contribution >= 4 is 22.8 Å². The second-order valence-corrected chi connectivity index (χ2v) is 8.53. The Hall–Kier alpha value is -4.01. The van der Waals surface area contributed by atoms with Crippen LogP contribution in [0.5, 0.6) is 5.75 Å². The summed E-state index contributed by atoms with van der Waals surface area (Å²) < 4.78 is 5.42. The van der Waals surface area contributed by atoms with Gasteiger partial charge in [0.1, 0.15) is 5.75 Å². The minimum Gasteiger partial charge on any atom is -0.496 e. The van der Waals surface area contributed by atoms with Crippen LogP contribution in [-0.4, -0.2) is 69.1 Å². The molecule has 0 aliphatic carbocycles. The van der Waals surface area contributed by atoms with Crippen LogP contribution in [0.15, 0.2) is 61.1 Å². The van der Waals surface area contributed by atoms with Crippen LogP contribution in [0.25, 0.3) is 16.6 Å². The molecular formula is C24H23N7O2. The number of rotatable bonds is 4. The van der Waals surface area contributed by atoms with Crippen LogP contribution in [0.3, 0.4) is 0 Å². The van der Waals surface area contributed by atoms with E-state index < -0.39 is 0 Å². The predicted molar refractivity (Wildman–Crippen MR) is 123 cm³/mol. The van der Waals surface area contributed by atoms with Crippen molar-refractivity contribution in [2.45, 2.75) is 0 Å². The first-order chi connectivity index (χ1) is 16.2. The average molecular weight is 441 g/mol. The maximum atomic E-state index is 13.4. The normalized spacial score (nSPS) is 19.8. The Balaban J connectivity index is 1.18. The molecule has 2 aromatic heterocycles. The number of hydrogen-bond donors (Lipinski definition) is 0. The number of ether oxygens (including phenoxy) is 1. The molecule has 166 valence electrons. The van der Waals surface area contributed by atoms with Gasteiger partial charge in [-0.3, -0.25) is 4.79 Å². The van der Waals surface area contributed by atoms with E-state index in [0.717, 1.165) is 48.8 Å². The first-order valence-electron chi connectivity index (χ1n) is 11.0. The minimum absolute atomic E-state index is 0.0258. The second-order valence-electron chi connectivity index (χ2n) is 8.53. The number of hydrogen-bond acceptors (Lipinski definition) is 7. The molecule has 2 aromatic carbocycles. The van der Waals surface area contributed by atoms with Crippen LogP contribution in [0, 0.1) is 11.8 Å². The third-order valence-electron chi connectivity index (χ3n) is 6.62.